The fourth-order valence-electron chi connectivity index (χ4n) is 0.143. The maximum absolute atomic E-state index is 9.55. The lowest BCUT2D eigenvalue weighted by Crippen LogP contribution is -1.91. The van der Waals surface area contributed by atoms with E-state index in [9.17, 15) is 9.59 Å². The molecule has 0 aliphatic heterocycles. The smallest absolute Gasteiger partial charge is 0.328 e. The normalized spacial score (nSPS) is 8.00. The highest BCUT2D eigenvalue weighted by atomic mass is 16.6. The molecule has 0 aromatic heterocycles. The fourth-order valence-corrected chi connectivity index (χ4v) is 0.143. The van der Waals surface area contributed by atoms with E-state index in [4.69, 9.17) is 20.3 Å². The van der Waals surface area contributed by atoms with Gasteiger partial charge in [0.15, 0.2) is 5.34 Å². The van der Waals surface area contributed by atoms with Crippen molar-refractivity contribution in [3.05, 3.63) is 17.1 Å². The van der Waals surface area contributed by atoms with Gasteiger partial charge in [0.25, 0.3) is 0 Å². The highest BCUT2D eigenvalue weighted by Crippen LogP contribution is 1.70. The van der Waals surface area contributed by atoms with Crippen molar-refractivity contribution in [2.45, 2.75) is 0 Å². The average Bonchev–Trinajstić information content (AvgIpc) is 1.85. The van der Waals surface area contributed by atoms with Crippen molar-refractivity contribution in [3.63, 3.8) is 0 Å². The van der Waals surface area contributed by atoms with Crippen molar-refractivity contribution in [2.24, 2.45) is 5.34 Å². The summed E-state index contributed by atoms with van der Waals surface area (Å²) in [5, 5.41) is 23.5. The van der Waals surface area contributed by atoms with Crippen molar-refractivity contribution in [1.82, 2.24) is 0 Å². The first-order chi connectivity index (χ1) is 5.04. The molecule has 11 heavy (non-hydrogen) atoms. The van der Waals surface area contributed by atoms with Gasteiger partial charge in [0.05, 0.1) is 0 Å². The zero-order chi connectivity index (χ0) is 9.28. The monoisotopic (exact) mass is 163 g/mol. The summed E-state index contributed by atoms with van der Waals surface area (Å²) >= 11 is 0. The highest BCUT2D eigenvalue weighted by molar-refractivity contribution is 5.89. The van der Waals surface area contributed by atoms with Crippen molar-refractivity contribution in [2.75, 3.05) is 0 Å². The van der Waals surface area contributed by atoms with Gasteiger partial charge in [-0.3, -0.25) is 0 Å². The van der Waals surface area contributed by atoms with Gasteiger partial charge >= 0.3 is 11.9 Å². The molecule has 0 aliphatic rings. The molecule has 0 aromatic rings. The Morgan fingerprint density at radius 1 is 1.09 bits per heavy atom. The Hall–Kier alpha value is -1.92. The van der Waals surface area contributed by atoms with Gasteiger partial charge < -0.3 is 15.4 Å². The van der Waals surface area contributed by atoms with Gasteiger partial charge in [0.2, 0.25) is 0 Å². The summed E-state index contributed by atoms with van der Waals surface area (Å²) in [4.78, 5) is 27.2. The quantitative estimate of drug-likeness (QED) is 0.295. The van der Waals surface area contributed by atoms with Crippen LogP contribution in [0.3, 0.4) is 0 Å². The van der Waals surface area contributed by atoms with E-state index in [-0.39, 0.29) is 0 Å². The second-order valence-electron chi connectivity index (χ2n) is 1.09. The molecule has 62 valence electrons. The second-order valence-corrected chi connectivity index (χ2v) is 1.09. The van der Waals surface area contributed by atoms with E-state index in [2.05, 4.69) is 0 Å². The lowest BCUT2D eigenvalue weighted by molar-refractivity contribution is -0.134. The van der Waals surface area contributed by atoms with Crippen molar-refractivity contribution in [1.29, 1.82) is 0 Å². The molecule has 0 bridgehead atoms. The maximum Gasteiger partial charge on any atom is 0.328 e. The van der Waals surface area contributed by atoms with E-state index in [1.54, 1.807) is 0 Å². The minimum Gasteiger partial charge on any atom is -0.478 e. The molecule has 0 aromatic carbocycles. The summed E-state index contributed by atoms with van der Waals surface area (Å²) in [7, 11) is 0. The van der Waals surface area contributed by atoms with Gasteiger partial charge in [-0.25, -0.2) is 9.59 Å². The number of hydrogen-bond acceptors (Lipinski definition) is 4. The SMILES string of the molecule is O=C(O)/C=C/C(=O)O.O=NO. The highest BCUT2D eigenvalue weighted by Gasteiger charge is 1.88. The Kier molecular flexibility index (Phi) is 8.69. The van der Waals surface area contributed by atoms with Gasteiger partial charge in [-0.05, 0) is 0 Å². The van der Waals surface area contributed by atoms with Crippen LogP contribution in [-0.2, 0) is 9.59 Å². The van der Waals surface area contributed by atoms with Gasteiger partial charge in [0, 0.05) is 12.2 Å². The molecule has 0 rings (SSSR count). The number of rotatable bonds is 2. The molecule has 0 spiro atoms. The zero-order valence-corrected chi connectivity index (χ0v) is 5.17. The molecular weight excluding hydrogens is 158 g/mol. The lowest BCUT2D eigenvalue weighted by Gasteiger charge is -1.74. The van der Waals surface area contributed by atoms with E-state index in [0.717, 1.165) is 0 Å². The van der Waals surface area contributed by atoms with E-state index in [1.807, 2.05) is 0 Å². The van der Waals surface area contributed by atoms with Gasteiger partial charge in [0.1, 0.15) is 0 Å². The molecule has 0 atom stereocenters. The molecule has 7 heteroatoms. The van der Waals surface area contributed by atoms with Crippen LogP contribution < -0.4 is 0 Å². The van der Waals surface area contributed by atoms with Crippen molar-refractivity contribution < 1.29 is 25.0 Å². The van der Waals surface area contributed by atoms with Crippen LogP contribution in [0, 0.1) is 4.91 Å². The molecule has 0 radical (unpaired) electrons. The lowest BCUT2D eigenvalue weighted by atomic mass is 10.5. The van der Waals surface area contributed by atoms with Crippen LogP contribution in [0.4, 0.5) is 0 Å². The third kappa shape index (κ3) is 31.5. The molecule has 0 saturated carbocycles. The van der Waals surface area contributed by atoms with Crippen LogP contribution in [0.5, 0.6) is 0 Å². The summed E-state index contributed by atoms with van der Waals surface area (Å²) in [5.74, 6) is -2.51. The Bertz CT molecular complexity index is 157. The molecule has 0 saturated heterocycles. The topological polar surface area (TPSA) is 124 Å². The van der Waals surface area contributed by atoms with Crippen molar-refractivity contribution >= 4 is 11.9 Å². The average molecular weight is 163 g/mol. The van der Waals surface area contributed by atoms with Gasteiger partial charge in [-0.2, -0.15) is 0 Å². The number of nitrogens with zero attached hydrogens (tertiary/aromatic N) is 1. The Balaban J connectivity index is 0. The first kappa shape index (κ1) is 11.8. The third-order valence-corrected chi connectivity index (χ3v) is 0.368. The predicted octanol–water partition coefficient (Wildman–Crippen LogP) is -0.146. The first-order valence-corrected chi connectivity index (χ1v) is 2.15. The van der Waals surface area contributed by atoms with Crippen LogP contribution in [0.25, 0.3) is 0 Å². The molecule has 0 unspecified atom stereocenters. The Labute approximate surface area is 60.5 Å². The minimum absolute atomic E-state index is 0.558. The van der Waals surface area contributed by atoms with Crippen LogP contribution in [-0.4, -0.2) is 27.4 Å². The Morgan fingerprint density at radius 3 is 1.36 bits per heavy atom. The van der Waals surface area contributed by atoms with Crippen LogP contribution in [0.15, 0.2) is 17.5 Å². The summed E-state index contributed by atoms with van der Waals surface area (Å²) in [6, 6.07) is 0. The minimum atomic E-state index is -1.26. The van der Waals surface area contributed by atoms with E-state index in [1.165, 1.54) is 5.34 Å². The summed E-state index contributed by atoms with van der Waals surface area (Å²) in [5.41, 5.74) is 0. The fraction of sp³-hybridized carbons (Fsp3) is 0. The van der Waals surface area contributed by atoms with Crippen LogP contribution in [0.1, 0.15) is 0 Å². The largest absolute Gasteiger partial charge is 0.478 e. The number of carboxylic acids is 2. The summed E-state index contributed by atoms with van der Waals surface area (Å²) in [6.07, 6.45) is 1.12. The maximum atomic E-state index is 9.55. The van der Waals surface area contributed by atoms with Gasteiger partial charge in [-0.1, -0.05) is 0 Å². The number of hydrogen-bond donors (Lipinski definition) is 3. The second kappa shape index (κ2) is 8.08. The standard InChI is InChI=1S/C4H4O4.HNO2/c5-3(6)1-2-4(7)8;2-1-3/h1-2H,(H,5,6)(H,7,8);(H,2,3)/b2-1+;. The van der Waals surface area contributed by atoms with Gasteiger partial charge in [-0.15, -0.1) is 4.91 Å². The predicted molar refractivity (Wildman–Crippen MR) is 32.0 cm³/mol. The molecule has 0 heterocycles. The summed E-state index contributed by atoms with van der Waals surface area (Å²) in [6.45, 7) is 0. The molecule has 7 nitrogen and oxygen atoms in total. The zero-order valence-electron chi connectivity index (χ0n) is 5.17. The molecule has 0 aliphatic carbocycles. The van der Waals surface area contributed by atoms with E-state index < -0.39 is 11.9 Å². The molecular formula is C4H5NO6. The van der Waals surface area contributed by atoms with E-state index in [0.29, 0.717) is 12.2 Å². The molecule has 0 amide bonds. The Morgan fingerprint density at radius 2 is 1.27 bits per heavy atom. The number of aliphatic carboxylic acids is 2. The first-order valence-electron chi connectivity index (χ1n) is 2.15. The molecule has 3 N–H and O–H groups in total. The van der Waals surface area contributed by atoms with Crippen LogP contribution in [0.2, 0.25) is 0 Å². The third-order valence-electron chi connectivity index (χ3n) is 0.368. The van der Waals surface area contributed by atoms with E-state index >= 15 is 0 Å². The number of carbonyl (C=O) groups is 2. The van der Waals surface area contributed by atoms with Crippen LogP contribution >= 0.6 is 0 Å². The summed E-state index contributed by atoms with van der Waals surface area (Å²) < 4.78 is 0. The molecule has 0 fully saturated rings. The van der Waals surface area contributed by atoms with Crippen molar-refractivity contribution in [3.8, 4) is 0 Å². The number of carboxylic acid groups (broad SMARTS) is 2.